The Labute approximate surface area is 169 Å². The quantitative estimate of drug-likeness (QED) is 0.680. The van der Waals surface area contributed by atoms with Crippen molar-refractivity contribution in [1.82, 2.24) is 19.8 Å². The first-order valence-electron chi connectivity index (χ1n) is 9.51. The number of carbonyl (C=O) groups excluding carboxylic acids is 1. The average Bonchev–Trinajstić information content (AvgIpc) is 3.12. The first-order chi connectivity index (χ1) is 13.5. The highest BCUT2D eigenvalue weighted by Gasteiger charge is 2.24. The van der Waals surface area contributed by atoms with E-state index in [1.54, 1.807) is 30.3 Å². The minimum atomic E-state index is 0.151. The highest BCUT2D eigenvalue weighted by atomic mass is 32.1. The molecule has 6 nitrogen and oxygen atoms in total. The lowest BCUT2D eigenvalue weighted by Crippen LogP contribution is -2.49. The molecule has 0 radical (unpaired) electrons. The summed E-state index contributed by atoms with van der Waals surface area (Å²) in [5.74, 6) is 1.97. The SMILES string of the molecule is Cc1nc(N2CCN(CC(=O)N(C)C)CC2)c2c(-c3ccccc3)csc2n1. The van der Waals surface area contributed by atoms with Crippen molar-refractivity contribution >= 4 is 33.3 Å². The van der Waals surface area contributed by atoms with Gasteiger partial charge >= 0.3 is 0 Å². The number of hydrogen-bond donors (Lipinski definition) is 0. The molecule has 7 heteroatoms. The van der Waals surface area contributed by atoms with Gasteiger partial charge in [0.2, 0.25) is 5.91 Å². The number of thiophene rings is 1. The van der Waals surface area contributed by atoms with Gasteiger partial charge in [-0.1, -0.05) is 30.3 Å². The van der Waals surface area contributed by atoms with Crippen LogP contribution in [0, 0.1) is 6.92 Å². The minimum absolute atomic E-state index is 0.151. The molecule has 1 fully saturated rings. The summed E-state index contributed by atoms with van der Waals surface area (Å²) in [7, 11) is 3.61. The molecule has 3 heterocycles. The predicted molar refractivity (Wildman–Crippen MR) is 115 cm³/mol. The van der Waals surface area contributed by atoms with E-state index in [4.69, 9.17) is 4.98 Å². The molecule has 1 saturated heterocycles. The van der Waals surface area contributed by atoms with Crippen LogP contribution in [0.4, 0.5) is 5.82 Å². The summed E-state index contributed by atoms with van der Waals surface area (Å²) in [6.45, 7) is 5.86. The van der Waals surface area contributed by atoms with Gasteiger partial charge in [0, 0.05) is 51.2 Å². The van der Waals surface area contributed by atoms with Gasteiger partial charge in [0.15, 0.2) is 0 Å². The van der Waals surface area contributed by atoms with Crippen molar-refractivity contribution in [3.05, 3.63) is 41.5 Å². The van der Waals surface area contributed by atoms with Crippen molar-refractivity contribution in [2.75, 3.05) is 51.7 Å². The van der Waals surface area contributed by atoms with Crippen molar-refractivity contribution in [2.24, 2.45) is 0 Å². The Balaban J connectivity index is 1.62. The molecule has 0 spiro atoms. The molecular weight excluding hydrogens is 370 g/mol. The number of rotatable bonds is 4. The van der Waals surface area contributed by atoms with Gasteiger partial charge in [-0.2, -0.15) is 0 Å². The van der Waals surface area contributed by atoms with Gasteiger partial charge in [-0.25, -0.2) is 9.97 Å². The van der Waals surface area contributed by atoms with Gasteiger partial charge in [0.1, 0.15) is 16.5 Å². The predicted octanol–water partition coefficient (Wildman–Crippen LogP) is 2.88. The van der Waals surface area contributed by atoms with E-state index in [2.05, 4.69) is 44.4 Å². The van der Waals surface area contributed by atoms with Crippen molar-refractivity contribution in [3.63, 3.8) is 0 Å². The van der Waals surface area contributed by atoms with Crippen LogP contribution in [0.1, 0.15) is 5.82 Å². The van der Waals surface area contributed by atoms with E-state index < -0.39 is 0 Å². The number of aryl methyl sites for hydroxylation is 1. The Morgan fingerprint density at radius 2 is 1.82 bits per heavy atom. The third-order valence-electron chi connectivity index (χ3n) is 5.14. The van der Waals surface area contributed by atoms with Crippen LogP contribution in [0.2, 0.25) is 0 Å². The molecule has 0 saturated carbocycles. The van der Waals surface area contributed by atoms with E-state index >= 15 is 0 Å². The minimum Gasteiger partial charge on any atom is -0.353 e. The molecule has 4 rings (SSSR count). The van der Waals surface area contributed by atoms with Gasteiger partial charge in [-0.3, -0.25) is 9.69 Å². The number of piperazine rings is 1. The summed E-state index contributed by atoms with van der Waals surface area (Å²) in [6.07, 6.45) is 0. The van der Waals surface area contributed by atoms with Crippen LogP contribution in [0.25, 0.3) is 21.3 Å². The van der Waals surface area contributed by atoms with E-state index in [0.717, 1.165) is 48.0 Å². The van der Waals surface area contributed by atoms with Crippen LogP contribution >= 0.6 is 11.3 Å². The third kappa shape index (κ3) is 3.72. The second kappa shape index (κ2) is 7.85. The topological polar surface area (TPSA) is 52.6 Å². The van der Waals surface area contributed by atoms with E-state index in [9.17, 15) is 4.79 Å². The van der Waals surface area contributed by atoms with Gasteiger partial charge < -0.3 is 9.80 Å². The van der Waals surface area contributed by atoms with Crippen molar-refractivity contribution in [2.45, 2.75) is 6.92 Å². The molecule has 0 atom stereocenters. The van der Waals surface area contributed by atoms with Gasteiger partial charge in [-0.15, -0.1) is 11.3 Å². The van der Waals surface area contributed by atoms with Crippen LogP contribution in [0.3, 0.4) is 0 Å². The Kier molecular flexibility index (Phi) is 5.28. The lowest BCUT2D eigenvalue weighted by atomic mass is 10.1. The van der Waals surface area contributed by atoms with Crippen LogP contribution in [0.5, 0.6) is 0 Å². The lowest BCUT2D eigenvalue weighted by Gasteiger charge is -2.35. The van der Waals surface area contributed by atoms with E-state index in [1.807, 2.05) is 13.0 Å². The second-order valence-corrected chi connectivity index (χ2v) is 8.20. The zero-order valence-electron chi connectivity index (χ0n) is 16.6. The number of benzene rings is 1. The number of hydrogen-bond acceptors (Lipinski definition) is 6. The molecule has 1 aliphatic heterocycles. The summed E-state index contributed by atoms with van der Waals surface area (Å²) in [4.78, 5) is 28.7. The van der Waals surface area contributed by atoms with Crippen LogP contribution in [0.15, 0.2) is 35.7 Å². The van der Waals surface area contributed by atoms with Gasteiger partial charge in [-0.05, 0) is 12.5 Å². The maximum atomic E-state index is 12.0. The number of anilines is 1. The smallest absolute Gasteiger partial charge is 0.236 e. The lowest BCUT2D eigenvalue weighted by molar-refractivity contribution is -0.129. The third-order valence-corrected chi connectivity index (χ3v) is 6.01. The summed E-state index contributed by atoms with van der Waals surface area (Å²) in [5.41, 5.74) is 2.39. The number of carbonyl (C=O) groups is 1. The van der Waals surface area contributed by atoms with Crippen molar-refractivity contribution < 1.29 is 4.79 Å². The summed E-state index contributed by atoms with van der Waals surface area (Å²) in [5, 5.41) is 3.32. The standard InChI is InChI=1S/C21H25N5OS/c1-15-22-20(26-11-9-25(10-12-26)13-18(27)24(2)3)19-17(14-28-21(19)23-15)16-7-5-4-6-8-16/h4-8,14H,9-13H2,1-3H3. The summed E-state index contributed by atoms with van der Waals surface area (Å²) in [6, 6.07) is 10.4. The molecule has 1 aliphatic rings. The Morgan fingerprint density at radius 1 is 1.11 bits per heavy atom. The molecule has 146 valence electrons. The average molecular weight is 396 g/mol. The molecule has 0 N–H and O–H groups in total. The Bertz CT molecular complexity index is 977. The maximum absolute atomic E-state index is 12.0. The summed E-state index contributed by atoms with van der Waals surface area (Å²) >= 11 is 1.67. The second-order valence-electron chi connectivity index (χ2n) is 7.34. The van der Waals surface area contributed by atoms with Crippen LogP contribution in [-0.4, -0.2) is 72.5 Å². The normalized spacial score (nSPS) is 15.2. The van der Waals surface area contributed by atoms with Crippen LogP contribution < -0.4 is 4.90 Å². The van der Waals surface area contributed by atoms with E-state index in [-0.39, 0.29) is 5.91 Å². The monoisotopic (exact) mass is 395 g/mol. The highest BCUT2D eigenvalue weighted by Crippen LogP contribution is 2.38. The number of likely N-dealkylation sites (N-methyl/N-ethyl adjacent to an activating group) is 1. The van der Waals surface area contributed by atoms with E-state index in [1.165, 1.54) is 11.1 Å². The number of aromatic nitrogens is 2. The van der Waals surface area contributed by atoms with Crippen molar-refractivity contribution in [3.8, 4) is 11.1 Å². The highest BCUT2D eigenvalue weighted by molar-refractivity contribution is 7.17. The Morgan fingerprint density at radius 3 is 2.50 bits per heavy atom. The number of amides is 1. The molecule has 1 amide bonds. The fraction of sp³-hybridized carbons (Fsp3) is 0.381. The molecule has 28 heavy (non-hydrogen) atoms. The van der Waals surface area contributed by atoms with Crippen LogP contribution in [-0.2, 0) is 4.79 Å². The fourth-order valence-corrected chi connectivity index (χ4v) is 4.52. The maximum Gasteiger partial charge on any atom is 0.236 e. The molecule has 0 unspecified atom stereocenters. The van der Waals surface area contributed by atoms with Crippen molar-refractivity contribution in [1.29, 1.82) is 0 Å². The zero-order valence-corrected chi connectivity index (χ0v) is 17.4. The molecule has 2 aromatic heterocycles. The Hall–Kier alpha value is -2.51. The zero-order chi connectivity index (χ0) is 19.7. The first-order valence-corrected chi connectivity index (χ1v) is 10.4. The molecule has 1 aromatic carbocycles. The largest absolute Gasteiger partial charge is 0.353 e. The molecule has 0 bridgehead atoms. The fourth-order valence-electron chi connectivity index (χ4n) is 3.54. The number of nitrogens with zero attached hydrogens (tertiary/aromatic N) is 5. The first kappa shape index (κ1) is 18.8. The van der Waals surface area contributed by atoms with E-state index in [0.29, 0.717) is 6.54 Å². The molecule has 3 aromatic rings. The van der Waals surface area contributed by atoms with Gasteiger partial charge in [0.05, 0.1) is 11.9 Å². The molecule has 0 aliphatic carbocycles. The van der Waals surface area contributed by atoms with Gasteiger partial charge in [0.25, 0.3) is 0 Å². The molecular formula is C21H25N5OS. The summed E-state index contributed by atoms with van der Waals surface area (Å²) < 4.78 is 0. The number of fused-ring (bicyclic) bond motifs is 1.